The molecule has 0 aliphatic carbocycles. The molecule has 0 amide bonds. The summed E-state index contributed by atoms with van der Waals surface area (Å²) in [5, 5.41) is 0.924. The molecule has 0 saturated carbocycles. The van der Waals surface area contributed by atoms with Crippen LogP contribution in [0.15, 0.2) is 12.1 Å². The molecule has 1 aliphatic heterocycles. The smallest absolute Gasteiger partial charge is 0.222 e. The quantitative estimate of drug-likeness (QED) is 0.738. The maximum atomic E-state index is 11.3. The lowest BCUT2D eigenvalue weighted by Crippen LogP contribution is -2.17. The van der Waals surface area contributed by atoms with Crippen LogP contribution in [0.1, 0.15) is 0 Å². The van der Waals surface area contributed by atoms with Gasteiger partial charge in [0.15, 0.2) is 0 Å². The molecule has 0 saturated heterocycles. The molecule has 0 fully saturated rings. The predicted molar refractivity (Wildman–Crippen MR) is 56.6 cm³/mol. The van der Waals surface area contributed by atoms with Crippen molar-refractivity contribution in [1.29, 1.82) is 0 Å². The first kappa shape index (κ1) is 9.12. The monoisotopic (exact) mass is 236 g/mol. The molecule has 0 aromatic heterocycles. The third-order valence-corrected chi connectivity index (χ3v) is 3.63. The Labute approximate surface area is 88.4 Å². The minimum Gasteiger partial charge on any atom is -0.286 e. The van der Waals surface area contributed by atoms with Crippen molar-refractivity contribution in [2.45, 2.75) is 0 Å². The number of anilines is 2. The van der Waals surface area contributed by atoms with Crippen molar-refractivity contribution in [3.05, 3.63) is 22.2 Å². The number of nitrogens with zero attached hydrogens (tertiary/aromatic N) is 1. The molecule has 1 N–H and O–H groups in total. The summed E-state index contributed by atoms with van der Waals surface area (Å²) in [6.07, 6.45) is 0. The van der Waals surface area contributed by atoms with E-state index in [9.17, 15) is 4.21 Å². The summed E-state index contributed by atoms with van der Waals surface area (Å²) in [6.45, 7) is 0. The molecule has 3 nitrogen and oxygen atoms in total. The van der Waals surface area contributed by atoms with Crippen LogP contribution in [0.4, 0.5) is 11.4 Å². The van der Waals surface area contributed by atoms with E-state index in [1.165, 1.54) is 0 Å². The lowest BCUT2D eigenvalue weighted by atomic mass is 10.3. The summed E-state index contributed by atoms with van der Waals surface area (Å²) >= 11 is 10.4. The first-order valence-electron chi connectivity index (χ1n) is 3.51. The fourth-order valence-corrected chi connectivity index (χ4v) is 2.27. The molecule has 1 unspecified atom stereocenters. The molecule has 13 heavy (non-hydrogen) atoms. The second-order valence-corrected chi connectivity index (χ2v) is 4.70. The van der Waals surface area contributed by atoms with Crippen LogP contribution in [0.2, 0.25) is 10.0 Å². The number of rotatable bonds is 0. The molecule has 1 aromatic rings. The fraction of sp³-hybridized carbons (Fsp3) is 0.143. The van der Waals surface area contributed by atoms with Gasteiger partial charge in [-0.2, -0.15) is 0 Å². The van der Waals surface area contributed by atoms with E-state index < -0.39 is 11.2 Å². The Bertz CT molecular complexity index is 396. The molecule has 1 aromatic carbocycles. The van der Waals surface area contributed by atoms with Gasteiger partial charge in [-0.25, -0.2) is 4.21 Å². The normalized spacial score (nSPS) is 19.9. The number of hydrogen-bond acceptors (Lipinski definition) is 1. The molecule has 2 rings (SSSR count). The summed E-state index contributed by atoms with van der Waals surface area (Å²) in [7, 11) is 1.72. The van der Waals surface area contributed by atoms with Gasteiger partial charge in [-0.1, -0.05) is 23.2 Å². The summed E-state index contributed by atoms with van der Waals surface area (Å²) in [5.41, 5.74) is 1.54. The van der Waals surface area contributed by atoms with Crippen molar-refractivity contribution in [3.63, 3.8) is 0 Å². The third-order valence-electron chi connectivity index (χ3n) is 1.82. The highest BCUT2D eigenvalue weighted by Crippen LogP contribution is 2.38. The third kappa shape index (κ3) is 1.39. The Morgan fingerprint density at radius 2 is 2.00 bits per heavy atom. The zero-order valence-corrected chi connectivity index (χ0v) is 9.00. The second kappa shape index (κ2) is 3.04. The van der Waals surface area contributed by atoms with E-state index in [0.717, 1.165) is 11.4 Å². The fourth-order valence-electron chi connectivity index (χ4n) is 1.13. The SMILES string of the molecule is CN1c2cc(Cl)c(Cl)cc2NS1=O. The zero-order chi connectivity index (χ0) is 9.59. The van der Waals surface area contributed by atoms with Crippen molar-refractivity contribution in [2.24, 2.45) is 0 Å². The minimum absolute atomic E-state index is 0.459. The van der Waals surface area contributed by atoms with E-state index in [1.54, 1.807) is 23.5 Å². The van der Waals surface area contributed by atoms with Crippen LogP contribution >= 0.6 is 23.2 Å². The van der Waals surface area contributed by atoms with Crippen LogP contribution in [-0.2, 0) is 11.2 Å². The van der Waals surface area contributed by atoms with Gasteiger partial charge in [-0.15, -0.1) is 0 Å². The summed E-state index contributed by atoms with van der Waals surface area (Å²) in [6, 6.07) is 3.36. The Balaban J connectivity index is 2.59. The van der Waals surface area contributed by atoms with Crippen LogP contribution in [0.3, 0.4) is 0 Å². The van der Waals surface area contributed by atoms with E-state index in [-0.39, 0.29) is 0 Å². The van der Waals surface area contributed by atoms with Crippen molar-refractivity contribution in [2.75, 3.05) is 16.1 Å². The van der Waals surface area contributed by atoms with Crippen molar-refractivity contribution >= 4 is 45.7 Å². The largest absolute Gasteiger partial charge is 0.286 e. The lowest BCUT2D eigenvalue weighted by Gasteiger charge is -2.07. The number of fused-ring (bicyclic) bond motifs is 1. The maximum absolute atomic E-state index is 11.3. The average molecular weight is 237 g/mol. The standard InChI is InChI=1S/C7H6Cl2N2OS/c1-11-7-3-5(9)4(8)2-6(7)10-13(11)12/h2-3,10H,1H3. The molecule has 0 spiro atoms. The van der Waals surface area contributed by atoms with E-state index >= 15 is 0 Å². The zero-order valence-electron chi connectivity index (χ0n) is 6.67. The Kier molecular flexibility index (Phi) is 2.14. The van der Waals surface area contributed by atoms with E-state index in [1.807, 2.05) is 0 Å². The van der Waals surface area contributed by atoms with Crippen LogP contribution in [0.5, 0.6) is 0 Å². The van der Waals surface area contributed by atoms with Gasteiger partial charge in [0.25, 0.3) is 0 Å². The minimum atomic E-state index is -1.21. The predicted octanol–water partition coefficient (Wildman–Crippen LogP) is 2.43. The Morgan fingerprint density at radius 1 is 1.38 bits per heavy atom. The van der Waals surface area contributed by atoms with Crippen LogP contribution < -0.4 is 9.03 Å². The Hall–Kier alpha value is -0.450. The van der Waals surface area contributed by atoms with Gasteiger partial charge >= 0.3 is 0 Å². The highest BCUT2D eigenvalue weighted by molar-refractivity contribution is 7.88. The number of benzene rings is 1. The molecule has 70 valence electrons. The van der Waals surface area contributed by atoms with Gasteiger partial charge < -0.3 is 0 Å². The summed E-state index contributed by atoms with van der Waals surface area (Å²) in [5.74, 6) is 0. The van der Waals surface area contributed by atoms with E-state index in [0.29, 0.717) is 10.0 Å². The van der Waals surface area contributed by atoms with Crippen molar-refractivity contribution in [3.8, 4) is 0 Å². The van der Waals surface area contributed by atoms with E-state index in [4.69, 9.17) is 23.2 Å². The van der Waals surface area contributed by atoms with Gasteiger partial charge in [0, 0.05) is 7.05 Å². The number of halogens is 2. The van der Waals surface area contributed by atoms with Crippen LogP contribution in [0, 0.1) is 0 Å². The topological polar surface area (TPSA) is 32.3 Å². The molecule has 1 atom stereocenters. The Morgan fingerprint density at radius 3 is 2.69 bits per heavy atom. The molecule has 1 heterocycles. The van der Waals surface area contributed by atoms with Gasteiger partial charge in [-0.05, 0) is 12.1 Å². The van der Waals surface area contributed by atoms with Gasteiger partial charge in [-0.3, -0.25) is 9.03 Å². The van der Waals surface area contributed by atoms with Gasteiger partial charge in [0.2, 0.25) is 11.2 Å². The summed E-state index contributed by atoms with van der Waals surface area (Å²) in [4.78, 5) is 0. The first-order valence-corrected chi connectivity index (χ1v) is 5.37. The van der Waals surface area contributed by atoms with Gasteiger partial charge in [0.1, 0.15) is 0 Å². The molecule has 1 aliphatic rings. The molecular weight excluding hydrogens is 231 g/mol. The summed E-state index contributed by atoms with van der Waals surface area (Å²) < 4.78 is 15.7. The van der Waals surface area contributed by atoms with Crippen LogP contribution in [-0.4, -0.2) is 11.3 Å². The number of hydrogen-bond donors (Lipinski definition) is 1. The van der Waals surface area contributed by atoms with E-state index in [2.05, 4.69) is 4.72 Å². The molecule has 0 bridgehead atoms. The molecular formula is C7H6Cl2N2OS. The van der Waals surface area contributed by atoms with Crippen LogP contribution in [0.25, 0.3) is 0 Å². The highest BCUT2D eigenvalue weighted by Gasteiger charge is 2.23. The number of nitrogens with one attached hydrogen (secondary N) is 1. The lowest BCUT2D eigenvalue weighted by molar-refractivity contribution is 0.686. The van der Waals surface area contributed by atoms with Gasteiger partial charge in [0.05, 0.1) is 21.4 Å². The van der Waals surface area contributed by atoms with Crippen molar-refractivity contribution < 1.29 is 4.21 Å². The molecule has 0 radical (unpaired) electrons. The second-order valence-electron chi connectivity index (χ2n) is 2.63. The highest BCUT2D eigenvalue weighted by atomic mass is 35.5. The average Bonchev–Trinajstić information content (AvgIpc) is 2.32. The first-order chi connectivity index (χ1) is 6.09. The van der Waals surface area contributed by atoms with Crippen molar-refractivity contribution in [1.82, 2.24) is 0 Å². The maximum Gasteiger partial charge on any atom is 0.222 e. The molecule has 6 heteroatoms.